The molecule has 0 aromatic heterocycles. The van der Waals surface area contributed by atoms with E-state index in [-0.39, 0.29) is 19.4 Å². The fraction of sp³-hybridized carbons (Fsp3) is 0.872. The SMILES string of the molecule is CCCCCCCCCCCCC/C=C/CCC(=O)OC[C@H](COP(=O)(O)O)OC(=O)CCC/C=C/CCCCCCCCCCCCCCCCCCCC. The molecule has 330 valence electrons. The molecule has 0 unspecified atom stereocenters. The first-order valence-corrected chi connectivity index (χ1v) is 25.2. The van der Waals surface area contributed by atoms with Crippen LogP contribution in [0.5, 0.6) is 0 Å². The molecule has 9 heteroatoms. The molecule has 1 atom stereocenters. The van der Waals surface area contributed by atoms with Crippen LogP contribution in [-0.4, -0.2) is 41.0 Å². The lowest BCUT2D eigenvalue weighted by molar-refractivity contribution is -0.161. The monoisotopic (exact) mass is 813 g/mol. The van der Waals surface area contributed by atoms with Crippen LogP contribution >= 0.6 is 7.82 Å². The third-order valence-corrected chi connectivity index (χ3v) is 10.9. The highest BCUT2D eigenvalue weighted by Gasteiger charge is 2.22. The minimum atomic E-state index is -4.77. The summed E-state index contributed by atoms with van der Waals surface area (Å²) in [5, 5.41) is 0. The molecule has 0 aliphatic rings. The van der Waals surface area contributed by atoms with E-state index in [2.05, 4.69) is 36.6 Å². The first-order chi connectivity index (χ1) is 27.3. The summed E-state index contributed by atoms with van der Waals surface area (Å²) in [5.74, 6) is -0.968. The summed E-state index contributed by atoms with van der Waals surface area (Å²) < 4.78 is 26.4. The van der Waals surface area contributed by atoms with Gasteiger partial charge in [-0.2, -0.15) is 0 Å². The Balaban J connectivity index is 3.87. The second kappa shape index (κ2) is 43.1. The van der Waals surface area contributed by atoms with Gasteiger partial charge in [0.1, 0.15) is 6.61 Å². The molecular weight excluding hydrogens is 723 g/mol. The zero-order chi connectivity index (χ0) is 41.1. The Kier molecular flexibility index (Phi) is 42.0. The van der Waals surface area contributed by atoms with Crippen molar-refractivity contribution < 1.29 is 37.9 Å². The van der Waals surface area contributed by atoms with Crippen LogP contribution in [0.25, 0.3) is 0 Å². The lowest BCUT2D eigenvalue weighted by Gasteiger charge is -2.18. The highest BCUT2D eigenvalue weighted by atomic mass is 31.2. The first kappa shape index (κ1) is 54.5. The minimum absolute atomic E-state index is 0.161. The van der Waals surface area contributed by atoms with E-state index in [4.69, 9.17) is 19.3 Å². The van der Waals surface area contributed by atoms with Gasteiger partial charge < -0.3 is 19.3 Å². The van der Waals surface area contributed by atoms with Gasteiger partial charge in [-0.15, -0.1) is 0 Å². The number of carbonyl (C=O) groups excluding carboxylic acids is 2. The molecule has 0 amide bonds. The summed E-state index contributed by atoms with van der Waals surface area (Å²) in [7, 11) is -4.77. The van der Waals surface area contributed by atoms with E-state index in [0.29, 0.717) is 12.8 Å². The Bertz CT molecular complexity index is 962. The van der Waals surface area contributed by atoms with Crippen LogP contribution in [-0.2, 0) is 28.2 Å². The van der Waals surface area contributed by atoms with Crippen molar-refractivity contribution in [1.82, 2.24) is 0 Å². The molecule has 0 saturated carbocycles. The lowest BCUT2D eigenvalue weighted by atomic mass is 10.0. The maximum absolute atomic E-state index is 12.4. The minimum Gasteiger partial charge on any atom is -0.462 e. The van der Waals surface area contributed by atoms with Crippen molar-refractivity contribution in [1.29, 1.82) is 0 Å². The number of rotatable bonds is 44. The summed E-state index contributed by atoms with van der Waals surface area (Å²) in [5.41, 5.74) is 0. The number of phosphoric acid groups is 1. The summed E-state index contributed by atoms with van der Waals surface area (Å²) in [6.07, 6.45) is 50.8. The van der Waals surface area contributed by atoms with Crippen LogP contribution in [0.2, 0.25) is 0 Å². The Morgan fingerprint density at radius 1 is 0.446 bits per heavy atom. The largest absolute Gasteiger partial charge is 0.469 e. The van der Waals surface area contributed by atoms with Crippen molar-refractivity contribution in [3.05, 3.63) is 24.3 Å². The molecule has 2 N–H and O–H groups in total. The second-order valence-corrected chi connectivity index (χ2v) is 17.3. The molecule has 0 spiro atoms. The molecule has 0 radical (unpaired) electrons. The van der Waals surface area contributed by atoms with Gasteiger partial charge in [-0.1, -0.05) is 212 Å². The third-order valence-electron chi connectivity index (χ3n) is 10.5. The lowest BCUT2D eigenvalue weighted by Crippen LogP contribution is -2.29. The van der Waals surface area contributed by atoms with Gasteiger partial charge in [0, 0.05) is 12.8 Å². The van der Waals surface area contributed by atoms with Gasteiger partial charge in [0.05, 0.1) is 6.61 Å². The predicted molar refractivity (Wildman–Crippen MR) is 235 cm³/mol. The van der Waals surface area contributed by atoms with Crippen LogP contribution < -0.4 is 0 Å². The molecule has 0 fully saturated rings. The fourth-order valence-corrected chi connectivity index (χ4v) is 7.29. The maximum atomic E-state index is 12.4. The van der Waals surface area contributed by atoms with Gasteiger partial charge in [0.2, 0.25) is 0 Å². The number of allylic oxidation sites excluding steroid dienone is 4. The van der Waals surface area contributed by atoms with Crippen LogP contribution in [0, 0.1) is 0 Å². The number of hydrogen-bond acceptors (Lipinski definition) is 6. The van der Waals surface area contributed by atoms with E-state index in [1.54, 1.807) is 0 Å². The average Bonchev–Trinajstić information content (AvgIpc) is 3.17. The number of esters is 2. The number of ether oxygens (including phenoxy) is 2. The van der Waals surface area contributed by atoms with Crippen molar-refractivity contribution in [2.24, 2.45) is 0 Å². The van der Waals surface area contributed by atoms with E-state index in [0.717, 1.165) is 25.7 Å². The van der Waals surface area contributed by atoms with Gasteiger partial charge in [0.15, 0.2) is 6.10 Å². The van der Waals surface area contributed by atoms with Gasteiger partial charge in [-0.05, 0) is 44.9 Å². The maximum Gasteiger partial charge on any atom is 0.469 e. The highest BCUT2D eigenvalue weighted by molar-refractivity contribution is 7.46. The quantitative estimate of drug-likeness (QED) is 0.0270. The van der Waals surface area contributed by atoms with E-state index in [1.165, 1.54) is 180 Å². The van der Waals surface area contributed by atoms with E-state index in [9.17, 15) is 14.2 Å². The van der Waals surface area contributed by atoms with Gasteiger partial charge in [-0.25, -0.2) is 4.57 Å². The van der Waals surface area contributed by atoms with E-state index >= 15 is 0 Å². The smallest absolute Gasteiger partial charge is 0.462 e. The van der Waals surface area contributed by atoms with Crippen molar-refractivity contribution in [3.8, 4) is 0 Å². The second-order valence-electron chi connectivity index (χ2n) is 16.1. The number of phosphoric ester groups is 1. The third kappa shape index (κ3) is 45.2. The Hall–Kier alpha value is -1.47. The Labute approximate surface area is 345 Å². The summed E-state index contributed by atoms with van der Waals surface area (Å²) in [6.45, 7) is 3.66. The number of unbranched alkanes of at least 4 members (excludes halogenated alkanes) is 30. The van der Waals surface area contributed by atoms with Crippen LogP contribution in [0.4, 0.5) is 0 Å². The van der Waals surface area contributed by atoms with Gasteiger partial charge in [0.25, 0.3) is 0 Å². The summed E-state index contributed by atoms with van der Waals surface area (Å²) in [4.78, 5) is 42.9. The molecule has 0 aromatic carbocycles. The van der Waals surface area contributed by atoms with Crippen molar-refractivity contribution in [2.75, 3.05) is 13.2 Å². The van der Waals surface area contributed by atoms with Crippen molar-refractivity contribution in [3.63, 3.8) is 0 Å². The molecule has 0 heterocycles. The molecular formula is C47H89O8P. The molecule has 0 aliphatic carbocycles. The van der Waals surface area contributed by atoms with Gasteiger partial charge in [-0.3, -0.25) is 14.1 Å². The number of hydrogen-bond donors (Lipinski definition) is 2. The number of carbonyl (C=O) groups is 2. The molecule has 0 bridgehead atoms. The standard InChI is InChI=1S/C47H89O8P/c1-3-5-7-9-11-13-15-17-19-20-21-22-23-24-25-26-28-30-32-34-36-38-40-42-47(49)55-45(44-54-56(50,51)52)43-53-46(48)41-39-37-35-33-31-29-27-18-16-14-12-10-8-6-4-2/h34-37,45H,3-33,38-44H2,1-2H3,(H2,50,51,52)/b36-34+,37-35+/t45-/m1/s1. The molecule has 0 rings (SSSR count). The molecule has 8 nitrogen and oxygen atoms in total. The normalized spacial score (nSPS) is 12.6. The highest BCUT2D eigenvalue weighted by Crippen LogP contribution is 2.36. The van der Waals surface area contributed by atoms with Crippen molar-refractivity contribution in [2.45, 2.75) is 251 Å². The summed E-state index contributed by atoms with van der Waals surface area (Å²) >= 11 is 0. The Morgan fingerprint density at radius 3 is 1.16 bits per heavy atom. The zero-order valence-electron chi connectivity index (χ0n) is 36.5. The molecule has 0 aliphatic heterocycles. The van der Waals surface area contributed by atoms with E-state index in [1.807, 2.05) is 6.08 Å². The molecule has 0 aromatic rings. The Morgan fingerprint density at radius 2 is 0.786 bits per heavy atom. The van der Waals surface area contributed by atoms with Gasteiger partial charge >= 0.3 is 19.8 Å². The average molecular weight is 813 g/mol. The van der Waals surface area contributed by atoms with E-state index < -0.39 is 32.5 Å². The van der Waals surface area contributed by atoms with Crippen molar-refractivity contribution >= 4 is 19.8 Å². The zero-order valence-corrected chi connectivity index (χ0v) is 37.4. The molecule has 56 heavy (non-hydrogen) atoms. The first-order valence-electron chi connectivity index (χ1n) is 23.6. The predicted octanol–water partition coefficient (Wildman–Crippen LogP) is 14.7. The van der Waals surface area contributed by atoms with Crippen LogP contribution in [0.1, 0.15) is 245 Å². The summed E-state index contributed by atoms with van der Waals surface area (Å²) in [6, 6.07) is 0. The van der Waals surface area contributed by atoms with Crippen LogP contribution in [0.3, 0.4) is 0 Å². The fourth-order valence-electron chi connectivity index (χ4n) is 6.93. The van der Waals surface area contributed by atoms with Crippen LogP contribution in [0.15, 0.2) is 24.3 Å². The molecule has 0 saturated heterocycles. The topological polar surface area (TPSA) is 119 Å².